The van der Waals surface area contributed by atoms with E-state index in [4.69, 9.17) is 0 Å². The maximum atomic E-state index is 10.5. The Morgan fingerprint density at radius 3 is 2.45 bits per heavy atom. The second kappa shape index (κ2) is 5.04. The highest BCUT2D eigenvalue weighted by Crippen LogP contribution is 2.43. The Balaban J connectivity index is 1.99. The molecule has 108 valence electrons. The van der Waals surface area contributed by atoms with Gasteiger partial charge in [0.05, 0.1) is 5.69 Å². The summed E-state index contributed by atoms with van der Waals surface area (Å²) in [6.07, 6.45) is 0. The Hall–Kier alpha value is -2.52. The predicted octanol–water partition coefficient (Wildman–Crippen LogP) is 5.47. The molecule has 0 radical (unpaired) electrons. The number of rotatable bonds is 2. The first-order valence-electron chi connectivity index (χ1n) is 7.19. The molecule has 1 aromatic heterocycles. The number of benzene rings is 3. The Morgan fingerprint density at radius 2 is 1.68 bits per heavy atom. The lowest BCUT2D eigenvalue weighted by Gasteiger charge is -2.05. The first kappa shape index (κ1) is 13.2. The van der Waals surface area contributed by atoms with Gasteiger partial charge in [-0.05, 0) is 29.3 Å². The lowest BCUT2D eigenvalue weighted by Crippen LogP contribution is -1.87. The maximum Gasteiger partial charge on any atom is 0.147 e. The number of hydrogen-bond acceptors (Lipinski definition) is 3. The Labute approximate surface area is 132 Å². The van der Waals surface area contributed by atoms with E-state index in [-0.39, 0.29) is 0 Å². The molecule has 0 atom stereocenters. The van der Waals surface area contributed by atoms with Crippen LogP contribution in [0.25, 0.3) is 31.3 Å². The molecule has 0 fully saturated rings. The Morgan fingerprint density at radius 1 is 0.864 bits per heavy atom. The smallest absolute Gasteiger partial charge is 0.147 e. The molecule has 0 aliphatic rings. The van der Waals surface area contributed by atoms with Gasteiger partial charge in [-0.25, -0.2) is 0 Å². The number of phenols is 1. The van der Waals surface area contributed by atoms with Crippen molar-refractivity contribution >= 4 is 37.2 Å². The highest BCUT2D eigenvalue weighted by Gasteiger charge is 2.12. The van der Waals surface area contributed by atoms with E-state index in [1.165, 1.54) is 15.8 Å². The van der Waals surface area contributed by atoms with Gasteiger partial charge < -0.3 is 10.4 Å². The molecule has 0 amide bonds. The van der Waals surface area contributed by atoms with E-state index in [9.17, 15) is 5.11 Å². The second-order valence-electron chi connectivity index (χ2n) is 5.26. The van der Waals surface area contributed by atoms with Crippen LogP contribution in [0.3, 0.4) is 0 Å². The minimum Gasteiger partial charge on any atom is -0.505 e. The topological polar surface area (TPSA) is 32.3 Å². The van der Waals surface area contributed by atoms with E-state index in [2.05, 4.69) is 53.8 Å². The summed E-state index contributed by atoms with van der Waals surface area (Å²) < 4.78 is 2.30. The summed E-state index contributed by atoms with van der Waals surface area (Å²) >= 11 is 1.72. The third kappa shape index (κ3) is 1.94. The summed E-state index contributed by atoms with van der Waals surface area (Å²) in [4.78, 5) is 0. The summed E-state index contributed by atoms with van der Waals surface area (Å²) in [5.74, 6) is 0.332. The fourth-order valence-electron chi connectivity index (χ4n) is 2.86. The summed E-state index contributed by atoms with van der Waals surface area (Å²) in [7, 11) is 1.82. The molecule has 22 heavy (non-hydrogen) atoms. The summed E-state index contributed by atoms with van der Waals surface area (Å²) in [6.45, 7) is 0. The van der Waals surface area contributed by atoms with Crippen LogP contribution < -0.4 is 5.32 Å². The standard InChI is InChI=1S/C19H15NOS/c1-20-15-9-10-16-18(19(15)21)14-8-7-13(11-17(14)22-16)12-5-3-2-4-6-12/h2-11,20-21H,1H3. The third-order valence-electron chi connectivity index (χ3n) is 3.99. The molecule has 4 aromatic rings. The highest BCUT2D eigenvalue weighted by atomic mass is 32.1. The molecule has 1 heterocycles. The van der Waals surface area contributed by atoms with E-state index in [1.807, 2.05) is 19.2 Å². The normalized spacial score (nSPS) is 11.1. The van der Waals surface area contributed by atoms with Crippen LogP contribution in [0.4, 0.5) is 5.69 Å². The number of fused-ring (bicyclic) bond motifs is 3. The lowest BCUT2D eigenvalue weighted by molar-refractivity contribution is 0.484. The van der Waals surface area contributed by atoms with Crippen molar-refractivity contribution in [1.29, 1.82) is 0 Å². The van der Waals surface area contributed by atoms with Crippen LogP contribution in [0.2, 0.25) is 0 Å². The van der Waals surface area contributed by atoms with E-state index in [0.29, 0.717) is 5.75 Å². The molecule has 0 bridgehead atoms. The number of nitrogens with one attached hydrogen (secondary N) is 1. The maximum absolute atomic E-state index is 10.5. The van der Waals surface area contributed by atoms with Crippen molar-refractivity contribution in [3.63, 3.8) is 0 Å². The van der Waals surface area contributed by atoms with Crippen molar-refractivity contribution in [3.8, 4) is 16.9 Å². The van der Waals surface area contributed by atoms with Crippen molar-refractivity contribution in [2.24, 2.45) is 0 Å². The molecule has 2 N–H and O–H groups in total. The number of hydrogen-bond donors (Lipinski definition) is 2. The lowest BCUT2D eigenvalue weighted by atomic mass is 10.0. The van der Waals surface area contributed by atoms with Crippen LogP contribution in [0, 0.1) is 0 Å². The van der Waals surface area contributed by atoms with Gasteiger partial charge in [-0.15, -0.1) is 11.3 Å². The fourth-order valence-corrected chi connectivity index (χ4v) is 4.01. The van der Waals surface area contributed by atoms with Crippen LogP contribution in [-0.2, 0) is 0 Å². The predicted molar refractivity (Wildman–Crippen MR) is 96.0 cm³/mol. The van der Waals surface area contributed by atoms with Crippen molar-refractivity contribution in [2.45, 2.75) is 0 Å². The van der Waals surface area contributed by atoms with Crippen LogP contribution in [0.5, 0.6) is 5.75 Å². The molecule has 0 saturated carbocycles. The first-order chi connectivity index (χ1) is 10.8. The monoisotopic (exact) mass is 305 g/mol. The van der Waals surface area contributed by atoms with Gasteiger partial charge in [0, 0.05) is 27.2 Å². The third-order valence-corrected chi connectivity index (χ3v) is 5.10. The van der Waals surface area contributed by atoms with Crippen molar-refractivity contribution in [3.05, 3.63) is 60.7 Å². The zero-order valence-electron chi connectivity index (χ0n) is 12.1. The second-order valence-corrected chi connectivity index (χ2v) is 6.35. The fraction of sp³-hybridized carbons (Fsp3) is 0.0526. The number of phenolic OH excluding ortho intramolecular Hbond substituents is 1. The van der Waals surface area contributed by atoms with E-state index < -0.39 is 0 Å². The van der Waals surface area contributed by atoms with Crippen LogP contribution in [0.15, 0.2) is 60.7 Å². The van der Waals surface area contributed by atoms with Gasteiger partial charge in [0.15, 0.2) is 0 Å². The van der Waals surface area contributed by atoms with Crippen LogP contribution >= 0.6 is 11.3 Å². The minimum absolute atomic E-state index is 0.332. The van der Waals surface area contributed by atoms with Crippen molar-refractivity contribution in [2.75, 3.05) is 12.4 Å². The molecule has 0 spiro atoms. The molecule has 0 unspecified atom stereocenters. The number of aromatic hydroxyl groups is 1. The van der Waals surface area contributed by atoms with Crippen LogP contribution in [0.1, 0.15) is 0 Å². The Bertz CT molecular complexity index is 973. The van der Waals surface area contributed by atoms with Crippen molar-refractivity contribution < 1.29 is 5.11 Å². The molecule has 3 aromatic carbocycles. The van der Waals surface area contributed by atoms with Gasteiger partial charge >= 0.3 is 0 Å². The molecular formula is C19H15NOS. The molecule has 3 heteroatoms. The van der Waals surface area contributed by atoms with Gasteiger partial charge in [-0.1, -0.05) is 42.5 Å². The number of anilines is 1. The van der Waals surface area contributed by atoms with Gasteiger partial charge in [0.2, 0.25) is 0 Å². The average molecular weight is 305 g/mol. The van der Waals surface area contributed by atoms with E-state index in [1.54, 1.807) is 11.3 Å². The molecule has 0 aliphatic carbocycles. The summed E-state index contributed by atoms with van der Waals surface area (Å²) in [6, 6.07) is 20.8. The molecule has 0 saturated heterocycles. The van der Waals surface area contributed by atoms with Gasteiger partial charge in [0.1, 0.15) is 5.75 Å². The SMILES string of the molecule is CNc1ccc2sc3cc(-c4ccccc4)ccc3c2c1O. The molecule has 4 rings (SSSR count). The zero-order chi connectivity index (χ0) is 15.1. The summed E-state index contributed by atoms with van der Waals surface area (Å²) in [5, 5.41) is 15.5. The quantitative estimate of drug-likeness (QED) is 0.481. The van der Waals surface area contributed by atoms with Crippen LogP contribution in [-0.4, -0.2) is 12.2 Å². The summed E-state index contributed by atoms with van der Waals surface area (Å²) in [5.41, 5.74) is 3.18. The number of thiophene rings is 1. The van der Waals surface area contributed by atoms with Gasteiger partial charge in [-0.3, -0.25) is 0 Å². The zero-order valence-corrected chi connectivity index (χ0v) is 12.9. The van der Waals surface area contributed by atoms with E-state index in [0.717, 1.165) is 21.2 Å². The van der Waals surface area contributed by atoms with Gasteiger partial charge in [-0.2, -0.15) is 0 Å². The highest BCUT2D eigenvalue weighted by molar-refractivity contribution is 7.25. The first-order valence-corrected chi connectivity index (χ1v) is 8.01. The van der Waals surface area contributed by atoms with E-state index >= 15 is 0 Å². The van der Waals surface area contributed by atoms with Gasteiger partial charge in [0.25, 0.3) is 0 Å². The largest absolute Gasteiger partial charge is 0.505 e. The van der Waals surface area contributed by atoms with Crippen molar-refractivity contribution in [1.82, 2.24) is 0 Å². The Kier molecular flexibility index (Phi) is 3.01. The average Bonchev–Trinajstić information content (AvgIpc) is 2.94. The molecule has 0 aliphatic heterocycles. The minimum atomic E-state index is 0.332. The molecular weight excluding hydrogens is 290 g/mol. The molecule has 2 nitrogen and oxygen atoms in total.